The number of allylic oxidation sites excluding steroid dienone is 1. The van der Waals surface area contributed by atoms with E-state index in [-0.39, 0.29) is 30.8 Å². The predicted molar refractivity (Wildman–Crippen MR) is 180 cm³/mol. The Labute approximate surface area is 286 Å². The number of likely N-dealkylation sites (tertiary alicyclic amines) is 1. The van der Waals surface area contributed by atoms with Gasteiger partial charge >= 0.3 is 5.97 Å². The SMILES string of the molecule is CCCCN1C/C=C\CCC(=O)N(C)[C@H](C)[C@@H](c2ccccc2)OC(=O)[C@@H]2[C@H]3O[C@@]4(C=C3Br)[C@H](C1=O)N([C@@H](CO)[C@@H](C)CC)C(=O)[C@@H]24. The Morgan fingerprint density at radius 3 is 2.45 bits per heavy atom. The summed E-state index contributed by atoms with van der Waals surface area (Å²) in [6.45, 7) is 8.26. The number of nitrogens with zero attached hydrogens (tertiary/aromatic N) is 3. The van der Waals surface area contributed by atoms with Crippen LogP contribution in [0.25, 0.3) is 0 Å². The number of hydrogen-bond acceptors (Lipinski definition) is 7. The number of carbonyl (C=O) groups excluding carboxylic acids is 4. The van der Waals surface area contributed by atoms with Gasteiger partial charge in [0.2, 0.25) is 17.7 Å². The molecule has 4 aliphatic heterocycles. The maximum atomic E-state index is 14.8. The molecule has 5 rings (SSSR count). The maximum absolute atomic E-state index is 14.8. The van der Waals surface area contributed by atoms with Crippen LogP contribution in [0.3, 0.4) is 0 Å². The van der Waals surface area contributed by atoms with Crippen LogP contribution in [0.2, 0.25) is 0 Å². The summed E-state index contributed by atoms with van der Waals surface area (Å²) in [6, 6.07) is 7.02. The summed E-state index contributed by atoms with van der Waals surface area (Å²) in [5.74, 6) is -3.61. The minimum absolute atomic E-state index is 0.0970. The number of aliphatic hydroxyl groups is 1. The second-order valence-electron chi connectivity index (χ2n) is 13.4. The molecule has 2 fully saturated rings. The van der Waals surface area contributed by atoms with E-state index in [9.17, 15) is 24.3 Å². The topological polar surface area (TPSA) is 117 Å². The lowest BCUT2D eigenvalue weighted by atomic mass is 9.74. The minimum atomic E-state index is -1.43. The fourth-order valence-electron chi connectivity index (χ4n) is 7.62. The van der Waals surface area contributed by atoms with E-state index in [0.29, 0.717) is 30.4 Å². The molecule has 5 bridgehead atoms. The molecule has 2 saturated heterocycles. The number of cyclic esters (lactones) is 1. The van der Waals surface area contributed by atoms with Crippen LogP contribution in [0.1, 0.15) is 71.5 Å². The van der Waals surface area contributed by atoms with Crippen LogP contribution in [-0.4, -0.2) is 100 Å². The van der Waals surface area contributed by atoms with Crippen molar-refractivity contribution in [3.63, 3.8) is 0 Å². The molecule has 0 unspecified atom stereocenters. The Morgan fingerprint density at radius 2 is 1.79 bits per heavy atom. The van der Waals surface area contributed by atoms with Crippen molar-refractivity contribution in [3.8, 4) is 0 Å². The first kappa shape index (κ1) is 35.3. The first-order valence-corrected chi connectivity index (χ1v) is 17.8. The molecule has 256 valence electrons. The normalized spacial score (nSPS) is 33.5. The van der Waals surface area contributed by atoms with Crippen molar-refractivity contribution in [2.24, 2.45) is 17.8 Å². The number of halogens is 1. The van der Waals surface area contributed by atoms with Crippen molar-refractivity contribution >= 4 is 39.6 Å². The van der Waals surface area contributed by atoms with E-state index in [2.05, 4.69) is 15.9 Å². The van der Waals surface area contributed by atoms with Crippen LogP contribution >= 0.6 is 15.9 Å². The van der Waals surface area contributed by atoms with Crippen LogP contribution in [0.15, 0.2) is 53.0 Å². The van der Waals surface area contributed by atoms with Crippen LogP contribution in [0.5, 0.6) is 0 Å². The van der Waals surface area contributed by atoms with E-state index >= 15 is 0 Å². The highest BCUT2D eigenvalue weighted by atomic mass is 79.9. The molecule has 9 atom stereocenters. The van der Waals surface area contributed by atoms with Gasteiger partial charge in [-0.2, -0.15) is 0 Å². The quantitative estimate of drug-likeness (QED) is 0.314. The first-order valence-electron chi connectivity index (χ1n) is 17.0. The molecule has 11 heteroatoms. The van der Waals surface area contributed by atoms with E-state index in [1.54, 1.807) is 22.9 Å². The van der Waals surface area contributed by atoms with Gasteiger partial charge in [-0.1, -0.05) is 92.0 Å². The number of benzene rings is 1. The monoisotopic (exact) mass is 713 g/mol. The van der Waals surface area contributed by atoms with Gasteiger partial charge in [-0.25, -0.2) is 0 Å². The summed E-state index contributed by atoms with van der Waals surface area (Å²) >= 11 is 3.62. The lowest BCUT2D eigenvalue weighted by Gasteiger charge is -2.40. The molecule has 1 aromatic rings. The Bertz CT molecular complexity index is 1400. The number of likely N-dealkylation sites (N-methyl/N-ethyl adjacent to an activating group) is 1. The van der Waals surface area contributed by atoms with Gasteiger partial charge in [0.15, 0.2) is 0 Å². The van der Waals surface area contributed by atoms with E-state index in [1.807, 2.05) is 70.2 Å². The molecular formula is C36H48BrN3O7. The van der Waals surface area contributed by atoms with Crippen molar-refractivity contribution in [3.05, 3.63) is 58.6 Å². The zero-order chi connectivity index (χ0) is 34.0. The minimum Gasteiger partial charge on any atom is -0.455 e. The fourth-order valence-corrected chi connectivity index (χ4v) is 8.35. The van der Waals surface area contributed by atoms with E-state index in [0.717, 1.165) is 18.4 Å². The number of ether oxygens (including phenoxy) is 2. The van der Waals surface area contributed by atoms with Crippen LogP contribution in [0, 0.1) is 17.8 Å². The van der Waals surface area contributed by atoms with Gasteiger partial charge in [0.05, 0.1) is 24.6 Å². The van der Waals surface area contributed by atoms with Gasteiger partial charge in [0, 0.05) is 31.0 Å². The van der Waals surface area contributed by atoms with Gasteiger partial charge in [-0.05, 0) is 37.3 Å². The average Bonchev–Trinajstić information content (AvgIpc) is 3.67. The Kier molecular flexibility index (Phi) is 11.0. The number of carbonyl (C=O) groups is 4. The summed E-state index contributed by atoms with van der Waals surface area (Å²) in [7, 11) is 1.71. The van der Waals surface area contributed by atoms with Gasteiger partial charge in [-0.3, -0.25) is 19.2 Å². The summed E-state index contributed by atoms with van der Waals surface area (Å²) in [5, 5.41) is 10.7. The standard InChI is InChI=1S/C36H48BrN3O7/c1-6-8-18-39-19-14-10-13-17-27(42)38(5)23(4)30(24-15-11-9-12-16-24)46-35(45)28-29-33(43)40(26(21-41)22(3)7-2)32(34(39)44)36(29)20-25(37)31(28)47-36/h9-12,14-16,20,22-23,26,28-32,41H,6-8,13,17-19,21H2,1-5H3/b14-10-/t22-,23+,26-,28-,29+,30-,31-,32-,36+/m0/s1. The lowest BCUT2D eigenvalue weighted by molar-refractivity contribution is -0.164. The number of amides is 3. The number of aliphatic hydroxyl groups excluding tert-OH is 1. The molecule has 3 amide bonds. The third-order valence-electron chi connectivity index (χ3n) is 10.6. The zero-order valence-corrected chi connectivity index (χ0v) is 29.6. The average molecular weight is 715 g/mol. The molecule has 0 saturated carbocycles. The highest BCUT2D eigenvalue weighted by Gasteiger charge is 2.75. The maximum Gasteiger partial charge on any atom is 0.313 e. The largest absolute Gasteiger partial charge is 0.455 e. The molecule has 1 aromatic carbocycles. The summed E-state index contributed by atoms with van der Waals surface area (Å²) in [5.41, 5.74) is -0.708. The van der Waals surface area contributed by atoms with Crippen molar-refractivity contribution in [2.45, 2.75) is 95.7 Å². The Balaban J connectivity index is 1.66. The number of fused-ring (bicyclic) bond motifs is 2. The number of esters is 1. The highest BCUT2D eigenvalue weighted by Crippen LogP contribution is 2.59. The number of unbranched alkanes of at least 4 members (excludes halogenated alkanes) is 1. The van der Waals surface area contributed by atoms with Crippen LogP contribution in [0.4, 0.5) is 0 Å². The van der Waals surface area contributed by atoms with Crippen molar-refractivity contribution in [1.82, 2.24) is 14.7 Å². The highest BCUT2D eigenvalue weighted by molar-refractivity contribution is 9.11. The van der Waals surface area contributed by atoms with Crippen molar-refractivity contribution in [1.29, 1.82) is 0 Å². The molecule has 47 heavy (non-hydrogen) atoms. The molecule has 0 radical (unpaired) electrons. The van der Waals surface area contributed by atoms with Gasteiger partial charge in [-0.15, -0.1) is 0 Å². The molecule has 0 aliphatic carbocycles. The molecule has 4 heterocycles. The molecule has 4 aliphatic rings. The molecule has 1 N–H and O–H groups in total. The Hall–Kier alpha value is -3.02. The lowest BCUT2D eigenvalue weighted by Crippen LogP contribution is -2.59. The van der Waals surface area contributed by atoms with E-state index in [1.165, 1.54) is 4.90 Å². The van der Waals surface area contributed by atoms with E-state index in [4.69, 9.17) is 9.47 Å². The van der Waals surface area contributed by atoms with Crippen molar-refractivity contribution in [2.75, 3.05) is 26.7 Å². The van der Waals surface area contributed by atoms with Crippen LogP contribution < -0.4 is 0 Å². The second kappa shape index (κ2) is 14.6. The third-order valence-corrected chi connectivity index (χ3v) is 11.3. The molecule has 0 aromatic heterocycles. The van der Waals surface area contributed by atoms with E-state index < -0.39 is 59.6 Å². The summed E-state index contributed by atoms with van der Waals surface area (Å²) in [6.07, 6.45) is 6.99. The summed E-state index contributed by atoms with van der Waals surface area (Å²) in [4.78, 5) is 62.1. The smallest absolute Gasteiger partial charge is 0.313 e. The predicted octanol–water partition coefficient (Wildman–Crippen LogP) is 4.38. The van der Waals surface area contributed by atoms with Gasteiger partial charge in [0.25, 0.3) is 0 Å². The summed E-state index contributed by atoms with van der Waals surface area (Å²) < 4.78 is 13.6. The fraction of sp³-hybridized carbons (Fsp3) is 0.611. The zero-order valence-electron chi connectivity index (χ0n) is 28.0. The van der Waals surface area contributed by atoms with Gasteiger partial charge in [0.1, 0.15) is 29.8 Å². The number of hydrogen-bond donors (Lipinski definition) is 1. The Morgan fingerprint density at radius 1 is 1.06 bits per heavy atom. The molecule has 10 nitrogen and oxygen atoms in total. The van der Waals surface area contributed by atoms with Gasteiger partial charge < -0.3 is 29.3 Å². The van der Waals surface area contributed by atoms with Crippen molar-refractivity contribution < 1.29 is 33.8 Å². The third kappa shape index (κ3) is 6.31. The second-order valence-corrected chi connectivity index (χ2v) is 14.3. The molecular weight excluding hydrogens is 666 g/mol. The molecule has 1 spiro atoms. The van der Waals surface area contributed by atoms with Crippen LogP contribution in [-0.2, 0) is 28.7 Å². The first-order chi connectivity index (χ1) is 22.5. The number of rotatable bonds is 8.